The predicted octanol–water partition coefficient (Wildman–Crippen LogP) is 4.71. The van der Waals surface area contributed by atoms with E-state index >= 15 is 0 Å². The molecule has 140 valence electrons. The average molecular weight is 404 g/mol. The van der Waals surface area contributed by atoms with E-state index in [1.165, 1.54) is 0 Å². The zero-order valence-corrected chi connectivity index (χ0v) is 16.2. The molecule has 0 bridgehead atoms. The van der Waals surface area contributed by atoms with Crippen LogP contribution in [0.25, 0.3) is 0 Å². The van der Waals surface area contributed by atoms with Gasteiger partial charge in [-0.05, 0) is 37.1 Å². The van der Waals surface area contributed by atoms with Crippen LogP contribution < -0.4 is 15.8 Å². The number of nitrogens with zero attached hydrogens (tertiary/aromatic N) is 3. The molecule has 4 rings (SSSR count). The van der Waals surface area contributed by atoms with Crippen LogP contribution >= 0.6 is 23.2 Å². The lowest BCUT2D eigenvalue weighted by Gasteiger charge is -2.32. The summed E-state index contributed by atoms with van der Waals surface area (Å²) in [6, 6.07) is 13.5. The van der Waals surface area contributed by atoms with Crippen molar-refractivity contribution < 1.29 is 4.74 Å². The van der Waals surface area contributed by atoms with Crippen molar-refractivity contribution in [3.05, 3.63) is 63.6 Å². The van der Waals surface area contributed by atoms with Gasteiger partial charge in [-0.1, -0.05) is 47.5 Å². The van der Waals surface area contributed by atoms with Gasteiger partial charge in [-0.25, -0.2) is 4.68 Å². The number of nitrogens with two attached hydrogens (primary N) is 1. The van der Waals surface area contributed by atoms with Gasteiger partial charge in [0.25, 0.3) is 0 Å². The molecule has 0 fully saturated rings. The Bertz CT molecular complexity index is 974. The molecule has 2 heterocycles. The van der Waals surface area contributed by atoms with E-state index in [-0.39, 0.29) is 18.0 Å². The molecular formula is C19H19Cl2N5O. The highest BCUT2D eigenvalue weighted by Crippen LogP contribution is 2.41. The van der Waals surface area contributed by atoms with Gasteiger partial charge in [0.1, 0.15) is 5.75 Å². The molecule has 2 aromatic carbocycles. The van der Waals surface area contributed by atoms with Crippen LogP contribution in [-0.4, -0.2) is 21.4 Å². The lowest BCUT2D eigenvalue weighted by atomic mass is 9.93. The molecule has 0 saturated heterocycles. The van der Waals surface area contributed by atoms with E-state index in [1.54, 1.807) is 6.07 Å². The van der Waals surface area contributed by atoms with E-state index in [2.05, 4.69) is 21.5 Å². The molecule has 0 radical (unpaired) electrons. The predicted molar refractivity (Wildman–Crippen MR) is 108 cm³/mol. The number of hydrogen-bond donors (Lipinski definition) is 2. The van der Waals surface area contributed by atoms with Crippen LogP contribution in [0, 0.1) is 0 Å². The van der Waals surface area contributed by atoms with Crippen molar-refractivity contribution in [3.8, 4) is 5.75 Å². The molecule has 0 spiro atoms. The fraction of sp³-hybridized carbons (Fsp3) is 0.263. The lowest BCUT2D eigenvalue weighted by Crippen LogP contribution is -2.28. The van der Waals surface area contributed by atoms with Crippen LogP contribution in [0.2, 0.25) is 10.0 Å². The maximum absolute atomic E-state index is 6.22. The summed E-state index contributed by atoms with van der Waals surface area (Å²) in [7, 11) is 0. The Morgan fingerprint density at radius 2 is 2.04 bits per heavy atom. The molecule has 1 aliphatic heterocycles. The summed E-state index contributed by atoms with van der Waals surface area (Å²) in [6.07, 6.45) is 0.734. The third-order valence-corrected chi connectivity index (χ3v) is 5.37. The smallest absolute Gasteiger partial charge is 0.241 e. The van der Waals surface area contributed by atoms with Crippen molar-refractivity contribution in [1.29, 1.82) is 0 Å². The normalized spacial score (nSPS) is 18.6. The summed E-state index contributed by atoms with van der Waals surface area (Å²) in [5, 5.41) is 8.84. The molecule has 3 N–H and O–H groups in total. The van der Waals surface area contributed by atoms with Crippen LogP contribution in [0.4, 0.5) is 11.9 Å². The van der Waals surface area contributed by atoms with Crippen LogP contribution in [-0.2, 0) is 0 Å². The molecule has 0 unspecified atom stereocenters. The number of anilines is 2. The van der Waals surface area contributed by atoms with E-state index in [0.29, 0.717) is 22.6 Å². The first kappa shape index (κ1) is 17.9. The Morgan fingerprint density at radius 3 is 2.81 bits per heavy atom. The second-order valence-corrected chi connectivity index (χ2v) is 7.15. The lowest BCUT2D eigenvalue weighted by molar-refractivity contribution is 0.325. The van der Waals surface area contributed by atoms with Crippen molar-refractivity contribution in [2.45, 2.75) is 25.4 Å². The van der Waals surface area contributed by atoms with Gasteiger partial charge < -0.3 is 15.8 Å². The summed E-state index contributed by atoms with van der Waals surface area (Å²) in [4.78, 5) is 4.34. The maximum Gasteiger partial charge on any atom is 0.241 e. The third kappa shape index (κ3) is 3.42. The molecule has 6 nitrogen and oxygen atoms in total. The summed E-state index contributed by atoms with van der Waals surface area (Å²) in [5.41, 5.74) is 7.93. The molecule has 27 heavy (non-hydrogen) atoms. The Labute approximate surface area is 167 Å². The van der Waals surface area contributed by atoms with Crippen LogP contribution in [0.1, 0.15) is 36.6 Å². The zero-order valence-electron chi connectivity index (χ0n) is 14.7. The standard InChI is InChI=1S/C19H19Cl2N5O/c1-2-27-17-6-4-3-5-12(17)16-10-15(11-7-8-13(20)14(21)9-11)23-19-24-18(22)25-26(16)19/h3-9,15-16H,2,10H2,1H3,(H3,22,23,24,25)/t15-,16+/m1/s1. The number of rotatable bonds is 4. The highest BCUT2D eigenvalue weighted by atomic mass is 35.5. The van der Waals surface area contributed by atoms with Gasteiger partial charge in [0, 0.05) is 5.56 Å². The van der Waals surface area contributed by atoms with Gasteiger partial charge in [0.15, 0.2) is 0 Å². The van der Waals surface area contributed by atoms with Crippen molar-refractivity contribution in [2.75, 3.05) is 17.7 Å². The van der Waals surface area contributed by atoms with Gasteiger partial charge in [-0.2, -0.15) is 4.98 Å². The molecule has 1 aliphatic rings. The minimum Gasteiger partial charge on any atom is -0.494 e. The molecule has 0 aliphatic carbocycles. The van der Waals surface area contributed by atoms with Gasteiger partial charge in [0.2, 0.25) is 11.9 Å². The highest BCUT2D eigenvalue weighted by Gasteiger charge is 2.32. The highest BCUT2D eigenvalue weighted by molar-refractivity contribution is 6.42. The van der Waals surface area contributed by atoms with Crippen LogP contribution in [0.3, 0.4) is 0 Å². The number of halogens is 2. The zero-order chi connectivity index (χ0) is 19.0. The van der Waals surface area contributed by atoms with Crippen molar-refractivity contribution >= 4 is 35.1 Å². The molecule has 1 aromatic heterocycles. The number of aromatic nitrogens is 3. The number of para-hydroxylation sites is 1. The van der Waals surface area contributed by atoms with Gasteiger partial charge in [-0.15, -0.1) is 5.10 Å². The van der Waals surface area contributed by atoms with Crippen LogP contribution in [0.5, 0.6) is 5.75 Å². The van der Waals surface area contributed by atoms with Gasteiger partial charge in [-0.3, -0.25) is 0 Å². The summed E-state index contributed by atoms with van der Waals surface area (Å²) < 4.78 is 7.66. The maximum atomic E-state index is 6.22. The Hall–Kier alpha value is -2.44. The largest absolute Gasteiger partial charge is 0.494 e. The fourth-order valence-electron chi connectivity index (χ4n) is 3.44. The Kier molecular flexibility index (Phi) is 4.85. The van der Waals surface area contributed by atoms with E-state index in [9.17, 15) is 0 Å². The molecule has 8 heteroatoms. The monoisotopic (exact) mass is 403 g/mol. The first-order valence-corrected chi connectivity index (χ1v) is 9.47. The van der Waals surface area contributed by atoms with E-state index in [1.807, 2.05) is 41.9 Å². The van der Waals surface area contributed by atoms with E-state index < -0.39 is 0 Å². The molecule has 0 saturated carbocycles. The minimum absolute atomic E-state index is 0.0180. The number of fused-ring (bicyclic) bond motifs is 1. The first-order chi connectivity index (χ1) is 13.1. The summed E-state index contributed by atoms with van der Waals surface area (Å²) in [6.45, 7) is 2.56. The van der Waals surface area contributed by atoms with Gasteiger partial charge >= 0.3 is 0 Å². The Morgan fingerprint density at radius 1 is 1.22 bits per heavy atom. The SMILES string of the molecule is CCOc1ccccc1[C@@H]1C[C@H](c2ccc(Cl)c(Cl)c2)Nc2nc(N)nn21. The van der Waals surface area contributed by atoms with Crippen molar-refractivity contribution in [2.24, 2.45) is 0 Å². The molecular weight excluding hydrogens is 385 g/mol. The summed E-state index contributed by atoms with van der Waals surface area (Å²) >= 11 is 12.3. The number of benzene rings is 2. The third-order valence-electron chi connectivity index (χ3n) is 4.63. The Balaban J connectivity index is 1.78. The second-order valence-electron chi connectivity index (χ2n) is 6.33. The number of hydrogen-bond acceptors (Lipinski definition) is 5. The van der Waals surface area contributed by atoms with Crippen molar-refractivity contribution in [1.82, 2.24) is 14.8 Å². The molecule has 2 atom stereocenters. The number of nitrogen functional groups attached to an aromatic ring is 1. The van der Waals surface area contributed by atoms with E-state index in [0.717, 1.165) is 23.3 Å². The van der Waals surface area contributed by atoms with Crippen LogP contribution in [0.15, 0.2) is 42.5 Å². The quantitative estimate of drug-likeness (QED) is 0.659. The number of nitrogens with one attached hydrogen (secondary N) is 1. The molecule has 0 amide bonds. The molecule has 3 aromatic rings. The first-order valence-electron chi connectivity index (χ1n) is 8.72. The van der Waals surface area contributed by atoms with Gasteiger partial charge in [0.05, 0.1) is 28.7 Å². The van der Waals surface area contributed by atoms with Crippen molar-refractivity contribution in [3.63, 3.8) is 0 Å². The summed E-state index contributed by atoms with van der Waals surface area (Å²) in [5.74, 6) is 1.68. The van der Waals surface area contributed by atoms with E-state index in [4.69, 9.17) is 33.7 Å². The number of ether oxygens (including phenoxy) is 1. The topological polar surface area (TPSA) is 78.0 Å². The second kappa shape index (κ2) is 7.29. The average Bonchev–Trinajstić information content (AvgIpc) is 3.04. The minimum atomic E-state index is -0.0757. The fourth-order valence-corrected chi connectivity index (χ4v) is 3.75.